The first-order valence-corrected chi connectivity index (χ1v) is 14.4. The zero-order chi connectivity index (χ0) is 25.0. The predicted molar refractivity (Wildman–Crippen MR) is 145 cm³/mol. The molecule has 1 aromatic heterocycles. The van der Waals surface area contributed by atoms with Crippen LogP contribution >= 0.6 is 23.1 Å². The lowest BCUT2D eigenvalue weighted by atomic mass is 9.89. The number of nitrogens with zero attached hydrogens (tertiary/aromatic N) is 3. The number of carbonyl (C=O) groups is 2. The molecule has 2 aliphatic rings. The second-order valence-corrected chi connectivity index (χ2v) is 11.4. The number of nitrogens with one attached hydrogen (secondary N) is 1. The van der Waals surface area contributed by atoms with Crippen LogP contribution in [-0.4, -0.2) is 45.6 Å². The number of allylic oxidation sites excluding steroid dienone is 2. The van der Waals surface area contributed by atoms with Crippen molar-refractivity contribution in [3.63, 3.8) is 0 Å². The van der Waals surface area contributed by atoms with Crippen LogP contribution in [0, 0.1) is 0 Å². The normalized spacial score (nSPS) is 17.9. The number of anilines is 1. The van der Waals surface area contributed by atoms with Crippen molar-refractivity contribution >= 4 is 45.3 Å². The fourth-order valence-electron chi connectivity index (χ4n) is 4.80. The molecule has 7 nitrogen and oxygen atoms in total. The average molecular weight is 519 g/mol. The summed E-state index contributed by atoms with van der Waals surface area (Å²) in [4.78, 5) is 36.9. The molecular weight excluding hydrogens is 480 g/mol. The van der Waals surface area contributed by atoms with Crippen molar-refractivity contribution in [3.05, 3.63) is 30.6 Å². The van der Waals surface area contributed by atoms with E-state index in [1.807, 2.05) is 6.92 Å². The molecule has 1 heterocycles. The van der Waals surface area contributed by atoms with Gasteiger partial charge in [-0.15, -0.1) is 0 Å². The van der Waals surface area contributed by atoms with E-state index in [4.69, 9.17) is 4.74 Å². The van der Waals surface area contributed by atoms with Crippen molar-refractivity contribution in [1.29, 1.82) is 0 Å². The van der Waals surface area contributed by atoms with Crippen molar-refractivity contribution in [2.75, 3.05) is 11.9 Å². The number of thioether (sulfide) groups is 1. The Labute approximate surface area is 217 Å². The molecule has 3 rings (SSSR count). The minimum absolute atomic E-state index is 0.0592. The largest absolute Gasteiger partial charge is 0.466 e. The Balaban J connectivity index is 1.80. The van der Waals surface area contributed by atoms with Gasteiger partial charge in [0.05, 0.1) is 28.0 Å². The Kier molecular flexibility index (Phi) is 11.3. The minimum Gasteiger partial charge on any atom is -0.466 e. The van der Waals surface area contributed by atoms with Gasteiger partial charge in [-0.25, -0.2) is 9.78 Å². The van der Waals surface area contributed by atoms with Crippen molar-refractivity contribution in [1.82, 2.24) is 9.88 Å². The summed E-state index contributed by atoms with van der Waals surface area (Å²) in [6, 6.07) is 0.535. The Hall–Kier alpha value is -2.13. The smallest absolute Gasteiger partial charge is 0.324 e. The van der Waals surface area contributed by atoms with Crippen LogP contribution in [0.5, 0.6) is 0 Å². The van der Waals surface area contributed by atoms with Crippen LogP contribution in [0.3, 0.4) is 0 Å². The summed E-state index contributed by atoms with van der Waals surface area (Å²) in [5.74, 6) is -0.329. The van der Waals surface area contributed by atoms with Crippen LogP contribution in [0.2, 0.25) is 0 Å². The first-order chi connectivity index (χ1) is 17.0. The molecule has 0 aliphatic heterocycles. The van der Waals surface area contributed by atoms with Crippen molar-refractivity contribution in [3.8, 4) is 0 Å². The maximum atomic E-state index is 13.6. The Bertz CT molecular complexity index is 898. The second kappa shape index (κ2) is 14.4. The SMILES string of the molecule is C=C/C=C\N=C(C)Sc1sc(NC(=O)N(C2CCCCC2)C2CCCCC2)nc1CC(=O)OCC. The number of hydrogen-bond acceptors (Lipinski definition) is 7. The topological polar surface area (TPSA) is 83.9 Å². The van der Waals surface area contributed by atoms with Gasteiger partial charge in [-0.05, 0) is 45.6 Å². The number of carbonyl (C=O) groups excluding carboxylic acids is 2. The third-order valence-corrected chi connectivity index (χ3v) is 8.51. The zero-order valence-corrected chi connectivity index (χ0v) is 22.6. The van der Waals surface area contributed by atoms with E-state index >= 15 is 0 Å². The van der Waals surface area contributed by atoms with Crippen molar-refractivity contribution < 1.29 is 14.3 Å². The second-order valence-electron chi connectivity index (χ2n) is 8.98. The lowest BCUT2D eigenvalue weighted by Crippen LogP contribution is -2.50. The van der Waals surface area contributed by atoms with Gasteiger partial charge in [0.1, 0.15) is 0 Å². The third kappa shape index (κ3) is 8.49. The van der Waals surface area contributed by atoms with E-state index in [2.05, 4.69) is 26.8 Å². The number of thiazole rings is 1. The molecule has 1 N–H and O–H groups in total. The van der Waals surface area contributed by atoms with Gasteiger partial charge < -0.3 is 9.64 Å². The molecular formula is C26H38N4O3S2. The van der Waals surface area contributed by atoms with E-state index in [0.717, 1.165) is 34.9 Å². The number of urea groups is 1. The van der Waals surface area contributed by atoms with Crippen LogP contribution in [0.4, 0.5) is 9.93 Å². The molecule has 35 heavy (non-hydrogen) atoms. The summed E-state index contributed by atoms with van der Waals surface area (Å²) in [6.07, 6.45) is 16.7. The number of aliphatic imine (C=N–C) groups is 1. The summed E-state index contributed by atoms with van der Waals surface area (Å²) in [6.45, 7) is 7.66. The number of esters is 1. The molecule has 1 aromatic rings. The lowest BCUT2D eigenvalue weighted by Gasteiger charge is -2.41. The van der Waals surface area contributed by atoms with E-state index in [0.29, 0.717) is 29.5 Å². The van der Waals surface area contributed by atoms with Crippen molar-refractivity contribution in [2.24, 2.45) is 4.99 Å². The van der Waals surface area contributed by atoms with Gasteiger partial charge in [0.2, 0.25) is 0 Å². The lowest BCUT2D eigenvalue weighted by molar-refractivity contribution is -0.142. The number of amides is 2. The van der Waals surface area contributed by atoms with Gasteiger partial charge in [0.25, 0.3) is 0 Å². The molecule has 9 heteroatoms. The zero-order valence-electron chi connectivity index (χ0n) is 21.0. The van der Waals surface area contributed by atoms with E-state index < -0.39 is 0 Å². The Morgan fingerprint density at radius 1 is 1.17 bits per heavy atom. The van der Waals surface area contributed by atoms with Gasteiger partial charge in [0, 0.05) is 18.3 Å². The molecule has 0 atom stereocenters. The summed E-state index contributed by atoms with van der Waals surface area (Å²) < 4.78 is 5.98. The van der Waals surface area contributed by atoms with Crippen LogP contribution in [0.25, 0.3) is 0 Å². The first-order valence-electron chi connectivity index (χ1n) is 12.8. The molecule has 0 bridgehead atoms. The van der Waals surface area contributed by atoms with E-state index in [1.165, 1.54) is 61.6 Å². The molecule has 192 valence electrons. The maximum Gasteiger partial charge on any atom is 0.324 e. The predicted octanol–water partition coefficient (Wildman–Crippen LogP) is 6.96. The van der Waals surface area contributed by atoms with Crippen LogP contribution in [0.15, 0.2) is 34.1 Å². The third-order valence-electron chi connectivity index (χ3n) is 6.38. The first kappa shape index (κ1) is 27.5. The van der Waals surface area contributed by atoms with Crippen LogP contribution < -0.4 is 5.32 Å². The number of hydrogen-bond donors (Lipinski definition) is 1. The Morgan fingerprint density at radius 2 is 1.80 bits per heavy atom. The minimum atomic E-state index is -0.329. The summed E-state index contributed by atoms with van der Waals surface area (Å²) in [7, 11) is 0. The fourth-order valence-corrected chi connectivity index (χ4v) is 6.89. The molecule has 0 aromatic carbocycles. The maximum absolute atomic E-state index is 13.6. The molecule has 0 spiro atoms. The van der Waals surface area contributed by atoms with Crippen molar-refractivity contribution in [2.45, 2.75) is 101 Å². The fraction of sp³-hybridized carbons (Fsp3) is 0.615. The van der Waals surface area contributed by atoms with Gasteiger partial charge in [-0.3, -0.25) is 15.1 Å². The van der Waals surface area contributed by atoms with Gasteiger partial charge in [-0.1, -0.05) is 74.3 Å². The summed E-state index contributed by atoms with van der Waals surface area (Å²) >= 11 is 2.83. The van der Waals surface area contributed by atoms with Gasteiger partial charge in [0.15, 0.2) is 5.13 Å². The highest BCUT2D eigenvalue weighted by atomic mass is 32.2. The molecule has 0 radical (unpaired) electrons. The van der Waals surface area contributed by atoms with Gasteiger partial charge >= 0.3 is 12.0 Å². The molecule has 0 unspecified atom stereocenters. The summed E-state index contributed by atoms with van der Waals surface area (Å²) in [5, 5.41) is 4.41. The monoisotopic (exact) mass is 518 g/mol. The molecule has 0 saturated heterocycles. The molecule has 2 saturated carbocycles. The van der Waals surface area contributed by atoms with E-state index in [9.17, 15) is 9.59 Å². The highest BCUT2D eigenvalue weighted by Gasteiger charge is 2.33. The quantitative estimate of drug-likeness (QED) is 0.126. The highest BCUT2D eigenvalue weighted by Crippen LogP contribution is 2.35. The van der Waals surface area contributed by atoms with Crippen LogP contribution in [-0.2, 0) is 16.0 Å². The summed E-state index contributed by atoms with van der Waals surface area (Å²) in [5.41, 5.74) is 0.609. The standard InChI is InChI=1S/C26H38N4O3S2/c1-4-6-17-27-19(3)34-24-22(18-23(31)33-5-2)28-25(35-24)29-26(32)30(20-13-9-7-10-14-20)21-15-11-8-12-16-21/h4,6,17,20-21H,1,5,7-16,18H2,2-3H3,(H,28,29,32)/b17-6-,27-19?. The van der Waals surface area contributed by atoms with Crippen LogP contribution in [0.1, 0.15) is 83.7 Å². The number of aromatic nitrogens is 1. The molecule has 2 fully saturated rings. The van der Waals surface area contributed by atoms with Gasteiger partial charge in [-0.2, -0.15) is 0 Å². The van der Waals surface area contributed by atoms with E-state index in [1.54, 1.807) is 25.3 Å². The van der Waals surface area contributed by atoms with E-state index in [-0.39, 0.29) is 18.4 Å². The average Bonchev–Trinajstić information content (AvgIpc) is 3.20. The molecule has 2 aliphatic carbocycles. The molecule has 2 amide bonds. The highest BCUT2D eigenvalue weighted by molar-refractivity contribution is 8.15. The number of rotatable bonds is 9. The Morgan fingerprint density at radius 3 is 2.37 bits per heavy atom. The number of ether oxygens (including phenoxy) is 1.